The number of nitrogens with zero attached hydrogens (tertiary/aromatic N) is 1. The van der Waals surface area contributed by atoms with Gasteiger partial charge in [0.25, 0.3) is 0 Å². The minimum absolute atomic E-state index is 0.178. The largest absolute Gasteiger partial charge is 0.490 e. The van der Waals surface area contributed by atoms with Crippen molar-refractivity contribution in [1.29, 1.82) is 0 Å². The van der Waals surface area contributed by atoms with Crippen LogP contribution in [0.1, 0.15) is 31.4 Å². The maximum absolute atomic E-state index is 12.4. The van der Waals surface area contributed by atoms with E-state index in [1.54, 1.807) is 4.90 Å². The van der Waals surface area contributed by atoms with E-state index < -0.39 is 0 Å². The Labute approximate surface area is 178 Å². The Balaban J connectivity index is 1.24. The third-order valence-corrected chi connectivity index (χ3v) is 5.50. The van der Waals surface area contributed by atoms with E-state index in [0.717, 1.165) is 36.4 Å². The van der Waals surface area contributed by atoms with Gasteiger partial charge in [-0.25, -0.2) is 4.79 Å². The first-order valence-corrected chi connectivity index (χ1v) is 10.6. The average molecular weight is 411 g/mol. The van der Waals surface area contributed by atoms with Crippen molar-refractivity contribution in [3.63, 3.8) is 0 Å². The predicted octanol–water partition coefficient (Wildman–Crippen LogP) is 3.78. The van der Waals surface area contributed by atoms with Crippen molar-refractivity contribution in [1.82, 2.24) is 10.2 Å². The van der Waals surface area contributed by atoms with Crippen molar-refractivity contribution in [2.75, 3.05) is 26.2 Å². The molecular weight excluding hydrogens is 380 g/mol. The molecule has 4 rings (SSSR count). The number of carbonyl (C=O) groups is 1. The topological polar surface area (TPSA) is 60.0 Å². The van der Waals surface area contributed by atoms with Crippen LogP contribution in [0.2, 0.25) is 0 Å². The Morgan fingerprint density at radius 1 is 1.20 bits per heavy atom. The first-order valence-electron chi connectivity index (χ1n) is 10.6. The lowest BCUT2D eigenvalue weighted by Gasteiger charge is -2.33. The highest BCUT2D eigenvalue weighted by molar-refractivity contribution is 5.67. The second-order valence-electron chi connectivity index (χ2n) is 8.56. The molecule has 0 aromatic heterocycles. The molecule has 2 heterocycles. The molecular formula is C24H30N2O4. The minimum Gasteiger partial charge on any atom is -0.490 e. The summed E-state index contributed by atoms with van der Waals surface area (Å²) >= 11 is 0. The standard InChI is InChI=1S/C24H30N2O4/c1-24(2)15-19-9-6-10-21(22(19)30-24)28-14-11-20-16-26(13-12-25-20)23(27)29-17-18-7-4-3-5-8-18/h3-10,20,25H,11-17H2,1-2H3/t20-/m1/s1. The molecule has 1 fully saturated rings. The van der Waals surface area contributed by atoms with E-state index in [0.29, 0.717) is 26.3 Å². The first-order chi connectivity index (χ1) is 14.5. The van der Waals surface area contributed by atoms with E-state index in [1.165, 1.54) is 5.56 Å². The van der Waals surface area contributed by atoms with Crippen molar-refractivity contribution in [2.24, 2.45) is 0 Å². The lowest BCUT2D eigenvalue weighted by molar-refractivity contribution is 0.0825. The van der Waals surface area contributed by atoms with Gasteiger partial charge in [-0.3, -0.25) is 0 Å². The molecule has 0 unspecified atom stereocenters. The fourth-order valence-electron chi connectivity index (χ4n) is 4.01. The van der Waals surface area contributed by atoms with Gasteiger partial charge in [0.1, 0.15) is 12.2 Å². The Hall–Kier alpha value is -2.73. The van der Waals surface area contributed by atoms with Crippen LogP contribution in [0.5, 0.6) is 11.5 Å². The van der Waals surface area contributed by atoms with Gasteiger partial charge in [-0.05, 0) is 31.9 Å². The Morgan fingerprint density at radius 2 is 2.03 bits per heavy atom. The van der Waals surface area contributed by atoms with Gasteiger partial charge < -0.3 is 24.4 Å². The SMILES string of the molecule is CC1(C)Cc2cccc(OCC[C@@H]3CN(C(=O)OCc4ccccc4)CCN3)c2O1. The number of amides is 1. The number of para-hydroxylation sites is 1. The van der Waals surface area contributed by atoms with Gasteiger partial charge in [0.05, 0.1) is 6.61 Å². The van der Waals surface area contributed by atoms with Crippen LogP contribution in [0, 0.1) is 0 Å². The van der Waals surface area contributed by atoms with Crippen molar-refractivity contribution in [2.45, 2.75) is 44.9 Å². The molecule has 1 amide bonds. The summed E-state index contributed by atoms with van der Waals surface area (Å²) in [6, 6.07) is 16.0. The number of piperazine rings is 1. The van der Waals surface area contributed by atoms with Crippen molar-refractivity contribution in [3.05, 3.63) is 59.7 Å². The molecule has 0 aliphatic carbocycles. The molecule has 6 heteroatoms. The van der Waals surface area contributed by atoms with Gasteiger partial charge in [-0.1, -0.05) is 42.5 Å². The second-order valence-corrected chi connectivity index (χ2v) is 8.56. The number of fused-ring (bicyclic) bond motifs is 1. The van der Waals surface area contributed by atoms with E-state index in [2.05, 4.69) is 25.2 Å². The Morgan fingerprint density at radius 3 is 2.87 bits per heavy atom. The van der Waals surface area contributed by atoms with Gasteiger partial charge in [0.2, 0.25) is 0 Å². The lowest BCUT2D eigenvalue weighted by atomic mass is 10.0. The van der Waals surface area contributed by atoms with Crippen molar-refractivity contribution >= 4 is 6.09 Å². The molecule has 0 saturated carbocycles. The average Bonchev–Trinajstić information content (AvgIpc) is 3.08. The molecule has 0 radical (unpaired) electrons. The third kappa shape index (κ3) is 5.05. The number of ether oxygens (including phenoxy) is 3. The zero-order valence-electron chi connectivity index (χ0n) is 17.7. The molecule has 1 atom stereocenters. The predicted molar refractivity (Wildman–Crippen MR) is 115 cm³/mol. The first kappa shape index (κ1) is 20.5. The minimum atomic E-state index is -0.261. The van der Waals surface area contributed by atoms with E-state index >= 15 is 0 Å². The van der Waals surface area contributed by atoms with Gasteiger partial charge >= 0.3 is 6.09 Å². The summed E-state index contributed by atoms with van der Waals surface area (Å²) in [5.41, 5.74) is 2.00. The number of carbonyl (C=O) groups excluding carboxylic acids is 1. The van der Waals surface area contributed by atoms with Crippen LogP contribution >= 0.6 is 0 Å². The normalized spacial score (nSPS) is 19.7. The van der Waals surface area contributed by atoms with Crippen molar-refractivity contribution < 1.29 is 19.0 Å². The summed E-state index contributed by atoms with van der Waals surface area (Å²) in [6.45, 7) is 7.07. The Bertz CT molecular complexity index is 869. The highest BCUT2D eigenvalue weighted by Gasteiger charge is 2.32. The summed E-state index contributed by atoms with van der Waals surface area (Å²) in [5.74, 6) is 1.67. The monoisotopic (exact) mass is 410 g/mol. The molecule has 0 bridgehead atoms. The second kappa shape index (κ2) is 8.96. The molecule has 2 aromatic carbocycles. The lowest BCUT2D eigenvalue weighted by Crippen LogP contribution is -2.53. The molecule has 2 aliphatic rings. The molecule has 160 valence electrons. The zero-order valence-corrected chi connectivity index (χ0v) is 17.7. The number of hydrogen-bond donors (Lipinski definition) is 1. The fourth-order valence-corrected chi connectivity index (χ4v) is 4.01. The van der Waals surface area contributed by atoms with Gasteiger partial charge in [-0.15, -0.1) is 0 Å². The molecule has 1 saturated heterocycles. The Kier molecular flexibility index (Phi) is 6.13. The maximum atomic E-state index is 12.4. The quantitative estimate of drug-likeness (QED) is 0.785. The van der Waals surface area contributed by atoms with Crippen LogP contribution in [-0.2, 0) is 17.8 Å². The molecule has 1 N–H and O–H groups in total. The van der Waals surface area contributed by atoms with E-state index in [1.807, 2.05) is 42.5 Å². The molecule has 0 spiro atoms. The van der Waals surface area contributed by atoms with Gasteiger partial charge in [0, 0.05) is 37.7 Å². The molecule has 2 aliphatic heterocycles. The smallest absolute Gasteiger partial charge is 0.410 e. The summed E-state index contributed by atoms with van der Waals surface area (Å²) in [5, 5.41) is 3.47. The summed E-state index contributed by atoms with van der Waals surface area (Å²) in [6.07, 6.45) is 1.43. The molecule has 2 aromatic rings. The van der Waals surface area contributed by atoms with Crippen LogP contribution in [0.4, 0.5) is 4.79 Å². The highest BCUT2D eigenvalue weighted by Crippen LogP contribution is 2.41. The number of hydrogen-bond acceptors (Lipinski definition) is 5. The fraction of sp³-hybridized carbons (Fsp3) is 0.458. The van der Waals surface area contributed by atoms with Crippen LogP contribution in [0.3, 0.4) is 0 Å². The van der Waals surface area contributed by atoms with E-state index in [-0.39, 0.29) is 17.7 Å². The summed E-state index contributed by atoms with van der Waals surface area (Å²) < 4.78 is 17.6. The van der Waals surface area contributed by atoms with Crippen LogP contribution in [0.25, 0.3) is 0 Å². The molecule has 6 nitrogen and oxygen atoms in total. The maximum Gasteiger partial charge on any atom is 0.410 e. The van der Waals surface area contributed by atoms with Gasteiger partial charge in [-0.2, -0.15) is 0 Å². The van der Waals surface area contributed by atoms with Crippen molar-refractivity contribution in [3.8, 4) is 11.5 Å². The number of rotatable bonds is 6. The number of nitrogens with one attached hydrogen (secondary N) is 1. The summed E-state index contributed by atoms with van der Waals surface area (Å²) in [7, 11) is 0. The van der Waals surface area contributed by atoms with Crippen LogP contribution in [-0.4, -0.2) is 48.9 Å². The van der Waals surface area contributed by atoms with Crippen LogP contribution in [0.15, 0.2) is 48.5 Å². The summed E-state index contributed by atoms with van der Waals surface area (Å²) in [4.78, 5) is 14.2. The van der Waals surface area contributed by atoms with Gasteiger partial charge in [0.15, 0.2) is 11.5 Å². The highest BCUT2D eigenvalue weighted by atomic mass is 16.6. The third-order valence-electron chi connectivity index (χ3n) is 5.50. The van der Waals surface area contributed by atoms with E-state index in [9.17, 15) is 4.79 Å². The zero-order chi connectivity index (χ0) is 21.0. The molecule has 30 heavy (non-hydrogen) atoms. The van der Waals surface area contributed by atoms with Crippen LogP contribution < -0.4 is 14.8 Å². The van der Waals surface area contributed by atoms with E-state index in [4.69, 9.17) is 14.2 Å². The number of benzene rings is 2.